The van der Waals surface area contributed by atoms with E-state index in [1.54, 1.807) is 0 Å². The second kappa shape index (κ2) is 5.65. The van der Waals surface area contributed by atoms with E-state index in [9.17, 15) is 4.79 Å². The lowest BCUT2D eigenvalue weighted by molar-refractivity contribution is 0.133. The van der Waals surface area contributed by atoms with Gasteiger partial charge in [-0.1, -0.05) is 48.5 Å². The van der Waals surface area contributed by atoms with Crippen LogP contribution in [0.2, 0.25) is 0 Å². The van der Waals surface area contributed by atoms with Crippen molar-refractivity contribution in [1.29, 1.82) is 0 Å². The van der Waals surface area contributed by atoms with Gasteiger partial charge in [-0.15, -0.1) is 0 Å². The van der Waals surface area contributed by atoms with Gasteiger partial charge in [0.05, 0.1) is 6.04 Å². The summed E-state index contributed by atoms with van der Waals surface area (Å²) in [4.78, 5) is 11.8. The third-order valence-electron chi connectivity index (χ3n) is 3.20. The second-order valence-electron chi connectivity index (χ2n) is 4.61. The normalized spacial score (nSPS) is 16.1. The summed E-state index contributed by atoms with van der Waals surface area (Å²) in [6.07, 6.45) is -0.431. The molecule has 0 radical (unpaired) electrons. The van der Waals surface area contributed by atoms with Crippen molar-refractivity contribution in [3.63, 3.8) is 0 Å². The summed E-state index contributed by atoms with van der Waals surface area (Å²) in [5, 5.41) is 2.82. The Labute approximate surface area is 117 Å². The van der Waals surface area contributed by atoms with Gasteiger partial charge in [0.2, 0.25) is 0 Å². The molecule has 102 valence electrons. The number of carbonyl (C=O) groups excluding carboxylic acids is 1. The van der Waals surface area contributed by atoms with Gasteiger partial charge >= 0.3 is 6.09 Å². The average Bonchev–Trinajstić information content (AvgIpc) is 2.90. The molecule has 0 saturated carbocycles. The largest absolute Gasteiger partial charge is 0.491 e. The molecule has 1 N–H and O–H groups in total. The summed E-state index contributed by atoms with van der Waals surface area (Å²) in [5.41, 5.74) is 1.95. The van der Waals surface area contributed by atoms with Crippen LogP contribution >= 0.6 is 0 Å². The molecule has 1 atom stereocenters. The highest BCUT2D eigenvalue weighted by Crippen LogP contribution is 2.31. The Morgan fingerprint density at radius 2 is 1.90 bits per heavy atom. The fourth-order valence-corrected chi connectivity index (χ4v) is 2.19. The number of nitrogens with one attached hydrogen (secondary N) is 1. The molecule has 20 heavy (non-hydrogen) atoms. The molecule has 0 aliphatic carbocycles. The Hall–Kier alpha value is -2.49. The monoisotopic (exact) mass is 269 g/mol. The van der Waals surface area contributed by atoms with Gasteiger partial charge < -0.3 is 14.8 Å². The first kappa shape index (κ1) is 12.5. The third-order valence-corrected chi connectivity index (χ3v) is 3.20. The van der Waals surface area contributed by atoms with Gasteiger partial charge in [-0.2, -0.15) is 0 Å². The molecule has 1 heterocycles. The Balaban J connectivity index is 1.55. The molecule has 2 aromatic carbocycles. The lowest BCUT2D eigenvalue weighted by Crippen LogP contribution is -2.29. The molecule has 0 bridgehead atoms. The quantitative estimate of drug-likeness (QED) is 0.931. The molecule has 1 unspecified atom stereocenters. The van der Waals surface area contributed by atoms with E-state index in [1.807, 2.05) is 54.6 Å². The van der Waals surface area contributed by atoms with Crippen LogP contribution in [-0.4, -0.2) is 12.7 Å². The number of rotatable bonds is 3. The van der Waals surface area contributed by atoms with Crippen molar-refractivity contribution in [3.05, 3.63) is 65.7 Å². The fourth-order valence-electron chi connectivity index (χ4n) is 2.19. The zero-order valence-electron chi connectivity index (χ0n) is 10.9. The Kier molecular flexibility index (Phi) is 3.54. The molecule has 1 amide bonds. The van der Waals surface area contributed by atoms with E-state index in [-0.39, 0.29) is 12.6 Å². The van der Waals surface area contributed by atoms with Gasteiger partial charge in [0, 0.05) is 5.56 Å². The molecular weight excluding hydrogens is 254 g/mol. The number of hydrogen-bond acceptors (Lipinski definition) is 3. The van der Waals surface area contributed by atoms with Crippen molar-refractivity contribution in [1.82, 2.24) is 5.32 Å². The van der Waals surface area contributed by atoms with Crippen molar-refractivity contribution in [3.8, 4) is 5.75 Å². The van der Waals surface area contributed by atoms with E-state index in [4.69, 9.17) is 9.47 Å². The minimum atomic E-state index is -0.431. The number of carbonyl (C=O) groups is 1. The number of hydrogen-bond donors (Lipinski definition) is 1. The zero-order chi connectivity index (χ0) is 13.8. The van der Waals surface area contributed by atoms with Gasteiger partial charge in [0.15, 0.2) is 0 Å². The Morgan fingerprint density at radius 1 is 1.15 bits per heavy atom. The predicted molar refractivity (Wildman–Crippen MR) is 74.4 cm³/mol. The summed E-state index contributed by atoms with van der Waals surface area (Å²) in [6, 6.07) is 17.1. The van der Waals surface area contributed by atoms with Crippen LogP contribution in [-0.2, 0) is 11.3 Å². The van der Waals surface area contributed by atoms with E-state index in [0.29, 0.717) is 6.61 Å². The number of alkyl carbamates (subject to hydrolysis) is 1. The summed E-state index contributed by atoms with van der Waals surface area (Å²) in [7, 11) is 0. The predicted octanol–water partition coefficient (Wildman–Crippen LogP) is 3.05. The minimum Gasteiger partial charge on any atom is -0.491 e. The maximum atomic E-state index is 11.8. The first-order valence-corrected chi connectivity index (χ1v) is 6.52. The van der Waals surface area contributed by atoms with Crippen molar-refractivity contribution in [2.45, 2.75) is 12.6 Å². The number of benzene rings is 2. The summed E-state index contributed by atoms with van der Waals surface area (Å²) >= 11 is 0. The number of para-hydroxylation sites is 1. The highest BCUT2D eigenvalue weighted by molar-refractivity contribution is 5.68. The van der Waals surface area contributed by atoms with Crippen molar-refractivity contribution in [2.24, 2.45) is 0 Å². The molecule has 3 rings (SSSR count). The molecular formula is C16H15NO3. The number of ether oxygens (including phenoxy) is 2. The lowest BCUT2D eigenvalue weighted by Gasteiger charge is -2.12. The maximum absolute atomic E-state index is 11.8. The average molecular weight is 269 g/mol. The molecule has 0 saturated heterocycles. The molecule has 0 fully saturated rings. The molecule has 4 nitrogen and oxygen atoms in total. The summed E-state index contributed by atoms with van der Waals surface area (Å²) in [5.74, 6) is 0.820. The number of amides is 1. The smallest absolute Gasteiger partial charge is 0.408 e. The third kappa shape index (κ3) is 2.74. The molecule has 0 spiro atoms. The van der Waals surface area contributed by atoms with Crippen LogP contribution in [0.5, 0.6) is 5.75 Å². The molecule has 4 heteroatoms. The van der Waals surface area contributed by atoms with Crippen molar-refractivity contribution in [2.75, 3.05) is 6.61 Å². The Morgan fingerprint density at radius 3 is 2.75 bits per heavy atom. The van der Waals surface area contributed by atoms with E-state index in [2.05, 4.69) is 5.32 Å². The van der Waals surface area contributed by atoms with Gasteiger partial charge in [0.25, 0.3) is 0 Å². The standard InChI is InChI=1S/C16H15NO3/c18-16(20-10-12-6-2-1-3-7-12)17-14-11-19-15-9-5-4-8-13(14)15/h1-9,14H,10-11H2,(H,17,18). The van der Waals surface area contributed by atoms with Crippen molar-refractivity contribution >= 4 is 6.09 Å². The maximum Gasteiger partial charge on any atom is 0.408 e. The second-order valence-corrected chi connectivity index (χ2v) is 4.61. The van der Waals surface area contributed by atoms with E-state index >= 15 is 0 Å². The highest BCUT2D eigenvalue weighted by atomic mass is 16.5. The van der Waals surface area contributed by atoms with Crippen LogP contribution in [0.25, 0.3) is 0 Å². The molecule has 1 aliphatic heterocycles. The van der Waals surface area contributed by atoms with Crippen molar-refractivity contribution < 1.29 is 14.3 Å². The van der Waals surface area contributed by atoms with Gasteiger partial charge in [-0.3, -0.25) is 0 Å². The number of fused-ring (bicyclic) bond motifs is 1. The molecule has 1 aliphatic rings. The van der Waals surface area contributed by atoms with E-state index in [0.717, 1.165) is 16.9 Å². The molecule has 0 aromatic heterocycles. The first-order chi connectivity index (χ1) is 9.83. The van der Waals surface area contributed by atoms with Crippen LogP contribution < -0.4 is 10.1 Å². The fraction of sp³-hybridized carbons (Fsp3) is 0.188. The van der Waals surface area contributed by atoms with Crippen LogP contribution in [0.1, 0.15) is 17.2 Å². The topological polar surface area (TPSA) is 47.6 Å². The van der Waals surface area contributed by atoms with Crippen LogP contribution in [0.15, 0.2) is 54.6 Å². The van der Waals surface area contributed by atoms with E-state index < -0.39 is 6.09 Å². The van der Waals surface area contributed by atoms with Gasteiger partial charge in [-0.05, 0) is 11.6 Å². The van der Waals surface area contributed by atoms with Gasteiger partial charge in [0.1, 0.15) is 19.0 Å². The van der Waals surface area contributed by atoms with Crippen LogP contribution in [0, 0.1) is 0 Å². The van der Waals surface area contributed by atoms with Crippen LogP contribution in [0.4, 0.5) is 4.79 Å². The molecule has 2 aromatic rings. The minimum absolute atomic E-state index is 0.144. The van der Waals surface area contributed by atoms with Gasteiger partial charge in [-0.25, -0.2) is 4.79 Å². The first-order valence-electron chi connectivity index (χ1n) is 6.52. The summed E-state index contributed by atoms with van der Waals surface area (Å²) in [6.45, 7) is 0.710. The summed E-state index contributed by atoms with van der Waals surface area (Å²) < 4.78 is 10.7. The SMILES string of the molecule is O=C(NC1COc2ccccc21)OCc1ccccc1. The van der Waals surface area contributed by atoms with E-state index in [1.165, 1.54) is 0 Å². The highest BCUT2D eigenvalue weighted by Gasteiger charge is 2.25. The van der Waals surface area contributed by atoms with Crippen LogP contribution in [0.3, 0.4) is 0 Å². The Bertz CT molecular complexity index is 598. The zero-order valence-corrected chi connectivity index (χ0v) is 10.9. The lowest BCUT2D eigenvalue weighted by atomic mass is 10.1.